The number of nitrogens with zero attached hydrogens (tertiary/aromatic N) is 3. The lowest BCUT2D eigenvalue weighted by molar-refractivity contribution is -0.151. The van der Waals surface area contributed by atoms with E-state index in [1.807, 2.05) is 13.0 Å². The molecule has 2 aromatic rings. The van der Waals surface area contributed by atoms with Crippen LogP contribution in [0.5, 0.6) is 0 Å². The molecule has 0 radical (unpaired) electrons. The quantitative estimate of drug-likeness (QED) is 0.0698. The molecule has 0 fully saturated rings. The summed E-state index contributed by atoms with van der Waals surface area (Å²) in [5.74, 6) is -11.8. The number of unbranched alkanes of at least 4 members (excludes halogenated alkanes) is 1. The largest absolute Gasteiger partial charge is 0.480 e. The van der Waals surface area contributed by atoms with Crippen molar-refractivity contribution in [2.45, 2.75) is 32.2 Å². The van der Waals surface area contributed by atoms with Crippen molar-refractivity contribution in [3.05, 3.63) is 70.8 Å². The number of carboxylic acids is 4. The average Bonchev–Trinajstić information content (AvgIpc) is 3.11. The Labute approximate surface area is 314 Å². The molecule has 0 spiro atoms. The van der Waals surface area contributed by atoms with Crippen LogP contribution in [0.4, 0.5) is 0 Å². The Morgan fingerprint density at radius 2 is 1.13 bits per heavy atom. The summed E-state index contributed by atoms with van der Waals surface area (Å²) in [5.41, 5.74) is 1.17. The van der Waals surface area contributed by atoms with Gasteiger partial charge in [-0.25, -0.2) is 4.79 Å². The molecular formula is C35H42N6O14. The first-order valence-corrected chi connectivity index (χ1v) is 16.6. The van der Waals surface area contributed by atoms with E-state index in [2.05, 4.69) is 16.0 Å². The van der Waals surface area contributed by atoms with Crippen molar-refractivity contribution in [2.75, 3.05) is 52.9 Å². The van der Waals surface area contributed by atoms with Crippen LogP contribution in [0.15, 0.2) is 48.5 Å². The van der Waals surface area contributed by atoms with Gasteiger partial charge in [0.25, 0.3) is 17.7 Å². The molecule has 2 rings (SSSR count). The monoisotopic (exact) mass is 770 g/mol. The third kappa shape index (κ3) is 15.3. The van der Waals surface area contributed by atoms with Gasteiger partial charge in [0.05, 0.1) is 0 Å². The van der Waals surface area contributed by atoms with E-state index in [1.165, 1.54) is 25.2 Å². The topological polar surface area (TPSA) is 297 Å². The second kappa shape index (κ2) is 21.6. The molecule has 0 aromatic heterocycles. The summed E-state index contributed by atoms with van der Waals surface area (Å²) < 4.78 is 0. The van der Waals surface area contributed by atoms with Gasteiger partial charge in [0, 0.05) is 30.3 Å². The molecule has 0 aliphatic heterocycles. The Kier molecular flexibility index (Phi) is 17.4. The third-order valence-corrected chi connectivity index (χ3v) is 7.68. The van der Waals surface area contributed by atoms with Crippen LogP contribution in [-0.4, -0.2) is 153 Å². The predicted octanol–water partition coefficient (Wildman–Crippen LogP) is -1.12. The SMILES string of the molecule is CNC(=O)c1cccc(C(=O)N(CC(=O)O)CC(=O)N(CC(=O)O)CC(=O)N(CC(=O)O)CC(=O)NC(CCCCNC(=O)c2cccc(C)c2)C(=O)O)c1. The first-order chi connectivity index (χ1) is 25.9. The summed E-state index contributed by atoms with van der Waals surface area (Å²) >= 11 is 0. The van der Waals surface area contributed by atoms with E-state index < -0.39 is 98.7 Å². The van der Waals surface area contributed by atoms with Crippen LogP contribution in [0, 0.1) is 6.92 Å². The summed E-state index contributed by atoms with van der Waals surface area (Å²) in [7, 11) is 1.34. The molecule has 20 nitrogen and oxygen atoms in total. The highest BCUT2D eigenvalue weighted by atomic mass is 16.4. The van der Waals surface area contributed by atoms with Crippen molar-refractivity contribution in [1.82, 2.24) is 30.7 Å². The number of rotatable bonds is 22. The number of aliphatic carboxylic acids is 4. The van der Waals surface area contributed by atoms with Crippen molar-refractivity contribution in [1.29, 1.82) is 0 Å². The molecule has 6 amide bonds. The molecular weight excluding hydrogens is 728 g/mol. The Hall–Kier alpha value is -6.86. The minimum atomic E-state index is -1.64. The fourth-order valence-corrected chi connectivity index (χ4v) is 5.04. The fraction of sp³-hybridized carbons (Fsp3) is 0.371. The van der Waals surface area contributed by atoms with E-state index in [9.17, 15) is 68.4 Å². The van der Waals surface area contributed by atoms with Crippen molar-refractivity contribution in [3.8, 4) is 0 Å². The minimum Gasteiger partial charge on any atom is -0.480 e. The molecule has 7 N–H and O–H groups in total. The first kappa shape index (κ1) is 44.3. The highest BCUT2D eigenvalue weighted by Gasteiger charge is 2.30. The third-order valence-electron chi connectivity index (χ3n) is 7.68. The zero-order valence-corrected chi connectivity index (χ0v) is 30.0. The zero-order chi connectivity index (χ0) is 41.2. The summed E-state index contributed by atoms with van der Waals surface area (Å²) in [6.07, 6.45) is 0.471. The molecule has 20 heteroatoms. The van der Waals surface area contributed by atoms with Crippen molar-refractivity contribution < 1.29 is 68.4 Å². The summed E-state index contributed by atoms with van der Waals surface area (Å²) in [4.78, 5) is 125. The molecule has 1 atom stereocenters. The van der Waals surface area contributed by atoms with Gasteiger partial charge in [-0.3, -0.25) is 43.2 Å². The molecule has 0 saturated carbocycles. The molecule has 0 aliphatic carbocycles. The van der Waals surface area contributed by atoms with Gasteiger partial charge in [-0.2, -0.15) is 0 Å². The van der Waals surface area contributed by atoms with E-state index in [4.69, 9.17) is 0 Å². The van der Waals surface area contributed by atoms with Gasteiger partial charge in [-0.1, -0.05) is 23.8 Å². The summed E-state index contributed by atoms with van der Waals surface area (Å²) in [5, 5.41) is 45.1. The van der Waals surface area contributed by atoms with Crippen LogP contribution < -0.4 is 16.0 Å². The van der Waals surface area contributed by atoms with Gasteiger partial charge in [-0.05, 0) is 56.5 Å². The number of amides is 6. The number of carboxylic acid groups (broad SMARTS) is 4. The molecule has 0 aliphatic rings. The van der Waals surface area contributed by atoms with Gasteiger partial charge in [0.15, 0.2) is 0 Å². The molecule has 55 heavy (non-hydrogen) atoms. The fourth-order valence-electron chi connectivity index (χ4n) is 5.04. The van der Waals surface area contributed by atoms with Crippen molar-refractivity contribution in [3.63, 3.8) is 0 Å². The van der Waals surface area contributed by atoms with Crippen molar-refractivity contribution >= 4 is 59.3 Å². The lowest BCUT2D eigenvalue weighted by Gasteiger charge is -2.28. The summed E-state index contributed by atoms with van der Waals surface area (Å²) in [6, 6.07) is 10.5. The number of hydrogen-bond acceptors (Lipinski definition) is 10. The van der Waals surface area contributed by atoms with E-state index in [0.717, 1.165) is 11.6 Å². The second-order valence-electron chi connectivity index (χ2n) is 12.1. The number of hydrogen-bond donors (Lipinski definition) is 7. The van der Waals surface area contributed by atoms with Crippen LogP contribution in [0.3, 0.4) is 0 Å². The smallest absolute Gasteiger partial charge is 0.326 e. The van der Waals surface area contributed by atoms with Crippen molar-refractivity contribution in [2.24, 2.45) is 0 Å². The molecule has 0 saturated heterocycles. The van der Waals surface area contributed by atoms with Crippen LogP contribution >= 0.6 is 0 Å². The lowest BCUT2D eigenvalue weighted by Crippen LogP contribution is -2.52. The number of benzene rings is 2. The van der Waals surface area contributed by atoms with E-state index in [-0.39, 0.29) is 36.4 Å². The van der Waals surface area contributed by atoms with E-state index >= 15 is 0 Å². The Balaban J connectivity index is 2.11. The highest BCUT2D eigenvalue weighted by Crippen LogP contribution is 2.11. The number of carbonyl (C=O) groups is 10. The maximum atomic E-state index is 13.3. The van der Waals surface area contributed by atoms with Gasteiger partial charge >= 0.3 is 23.9 Å². The average molecular weight is 771 g/mol. The summed E-state index contributed by atoms with van der Waals surface area (Å²) in [6.45, 7) is -4.52. The second-order valence-corrected chi connectivity index (χ2v) is 12.1. The predicted molar refractivity (Wildman–Crippen MR) is 189 cm³/mol. The van der Waals surface area contributed by atoms with E-state index in [0.29, 0.717) is 26.7 Å². The van der Waals surface area contributed by atoms with E-state index in [1.54, 1.807) is 18.2 Å². The van der Waals surface area contributed by atoms with Crippen LogP contribution in [-0.2, 0) is 33.6 Å². The first-order valence-electron chi connectivity index (χ1n) is 16.6. The molecule has 0 bridgehead atoms. The maximum Gasteiger partial charge on any atom is 0.326 e. The Morgan fingerprint density at radius 1 is 0.618 bits per heavy atom. The Morgan fingerprint density at radius 3 is 1.67 bits per heavy atom. The maximum absolute atomic E-state index is 13.3. The van der Waals surface area contributed by atoms with Crippen LogP contribution in [0.25, 0.3) is 0 Å². The number of carbonyl (C=O) groups excluding carboxylic acids is 6. The lowest BCUT2D eigenvalue weighted by atomic mass is 10.1. The number of nitrogens with one attached hydrogen (secondary N) is 3. The van der Waals surface area contributed by atoms with Gasteiger partial charge < -0.3 is 51.1 Å². The molecule has 296 valence electrons. The molecule has 2 aromatic carbocycles. The molecule has 0 heterocycles. The van der Waals surface area contributed by atoms with Gasteiger partial charge in [0.2, 0.25) is 17.7 Å². The minimum absolute atomic E-state index is 0.0323. The number of aryl methyl sites for hydroxylation is 1. The highest BCUT2D eigenvalue weighted by molar-refractivity contribution is 6.02. The van der Waals surface area contributed by atoms with Gasteiger partial charge in [-0.15, -0.1) is 0 Å². The van der Waals surface area contributed by atoms with Gasteiger partial charge in [0.1, 0.15) is 45.3 Å². The van der Waals surface area contributed by atoms with Crippen LogP contribution in [0.1, 0.15) is 55.9 Å². The normalized spacial score (nSPS) is 10.9. The standard InChI is InChI=1S/C35H42N6O14/c1-21-7-5-8-22(13-21)33(52)37-12-4-3-11-25(35(54)55)38-26(42)15-39(18-29(45)46)27(43)16-40(19-30(47)48)28(44)17-41(20-31(49)50)34(53)24-10-6-9-23(14-24)32(51)36-2/h5-10,13-14,25H,3-4,11-12,15-20H2,1-2H3,(H,36,51)(H,37,52)(H,38,42)(H,45,46)(H,47,48)(H,49,50)(H,54,55). The van der Waals surface area contributed by atoms with Crippen LogP contribution in [0.2, 0.25) is 0 Å². The zero-order valence-electron chi connectivity index (χ0n) is 30.0. The Bertz CT molecular complexity index is 1800. The molecule has 1 unspecified atom stereocenters.